The van der Waals surface area contributed by atoms with Crippen molar-refractivity contribution in [3.05, 3.63) is 137 Å². The second kappa shape index (κ2) is 58.8. The van der Waals surface area contributed by atoms with Crippen molar-refractivity contribution < 1.29 is 250 Å². The maximum absolute atomic E-state index is 13.5. The second-order valence-corrected chi connectivity index (χ2v) is 23.4. The molecule has 624 valence electrons. The van der Waals surface area contributed by atoms with E-state index in [-0.39, 0.29) is 219 Å². The standard InChI is InChI=1S/C19H18BF3N2O5.C12H14ClF3N2O3.C12H12ClF3N2O2.C7H7BO3.C7H3Cl2F3N2O.C5H12O2.C2H3N.CH3F.CH2O3.Cs.Na.H/c1-11(2)27-6-7-28-18-17(24-3)14(19(21,22)23)9-16(25-18)30-13-4-5-15-12(8-13)10-29-20(15)26;1-7(2)20-3-4-21-11-10(17-6-19)8(12(14,15)16)5-9(13)18-11;1-7(2)19-4-5-20-11-10(17-3)8(12(14,15)16)6-9(13)18-11;9-6-1-2-7-5(3-6)4-11-8(7)10;8-4-1-3(7(10,11)12)5(13-2-15)6(9)14-4;1-5(2)7-4-3-6;1-2-3;1-2;2-1-4-3;;;/h4-5,8-9,11,26H,6-7,10H2,1-2H3;5-7H,3-4H2,1-2H3,(H,17,19);6-7H,4-5H2,1-2H3;1-3,9-10H,4H2;1-2H,(H,13,15);5-6H,3-4H2,1-2H3;1H3;1H3;1,3H;;;/q;;;;;;;;;2*+1;-1/p-1/i;;;;;;;1D;;;;. The molecule has 0 bridgehead atoms. The number of aromatic nitrogens is 4. The fraction of sp³-hybridized carbons (Fsp3) is 0.424. The molecule has 0 spiro atoms. The summed E-state index contributed by atoms with van der Waals surface area (Å²) in [5.41, 5.74) is -4.45. The Labute approximate surface area is 755 Å². The molecule has 0 aliphatic carbocycles. The molecule has 0 radical (unpaired) electrons. The number of phenols is 1. The summed E-state index contributed by atoms with van der Waals surface area (Å²) >= 11 is 21.8. The van der Waals surface area contributed by atoms with Crippen LogP contribution in [0.4, 0.5) is 79.8 Å². The molecule has 0 fully saturated rings. The molecule has 2 aliphatic heterocycles. The molecule has 4 aromatic heterocycles. The number of aliphatic hydroxyl groups excluding tert-OH is 1. The van der Waals surface area contributed by atoms with Crippen LogP contribution in [0.15, 0.2) is 60.7 Å². The van der Waals surface area contributed by atoms with Gasteiger partial charge in [0.2, 0.25) is 36.3 Å². The van der Waals surface area contributed by atoms with Gasteiger partial charge in [0, 0.05) is 13.0 Å². The molecule has 2 aromatic carbocycles. The van der Waals surface area contributed by atoms with Gasteiger partial charge in [0.15, 0.2) is 5.15 Å². The molecule has 6 aromatic rings. The zero-order valence-electron chi connectivity index (χ0n) is 64.7. The van der Waals surface area contributed by atoms with Crippen molar-refractivity contribution in [1.29, 1.82) is 5.26 Å². The number of ether oxygens (including phenoxy) is 8. The van der Waals surface area contributed by atoms with Gasteiger partial charge in [0.25, 0.3) is 17.8 Å². The van der Waals surface area contributed by atoms with Crippen LogP contribution in [-0.2, 0) is 85.4 Å². The summed E-state index contributed by atoms with van der Waals surface area (Å²) in [6, 6.07) is 13.6. The van der Waals surface area contributed by atoms with Crippen LogP contribution in [0.25, 0.3) is 9.69 Å². The Bertz CT molecular complexity index is 4090. The van der Waals surface area contributed by atoms with Crippen molar-refractivity contribution >= 4 is 114 Å². The van der Waals surface area contributed by atoms with E-state index in [2.05, 4.69) is 34.5 Å². The number of nitrogens with zero attached hydrogens (tertiary/aromatic N) is 7. The Morgan fingerprint density at radius 1 is 0.609 bits per heavy atom. The minimum Gasteiger partial charge on any atom is -1.00 e. The third kappa shape index (κ3) is 44.0. The number of phenolic OH excluding ortho intramolecular Hbond substituents is 1. The smallest absolute Gasteiger partial charge is 1.00 e. The third-order valence-corrected chi connectivity index (χ3v) is 13.2. The van der Waals surface area contributed by atoms with Crippen molar-refractivity contribution in [3.8, 4) is 41.1 Å². The van der Waals surface area contributed by atoms with Gasteiger partial charge < -0.3 is 89.7 Å². The predicted molar refractivity (Wildman–Crippen MR) is 383 cm³/mol. The van der Waals surface area contributed by atoms with Crippen LogP contribution < -0.4 is 144 Å². The maximum Gasteiger partial charge on any atom is 1.00 e. The first-order valence-corrected chi connectivity index (χ1v) is 33.2. The number of anilines is 2. The predicted octanol–water partition coefficient (Wildman–Crippen LogP) is 7.36. The number of hydrogen-bond donors (Lipinski definition) is 6. The van der Waals surface area contributed by atoms with E-state index in [9.17, 15) is 71.7 Å². The zero-order chi connectivity index (χ0) is 87.3. The molecule has 2 amide bonds. The molecule has 2 aliphatic rings. The van der Waals surface area contributed by atoms with Crippen LogP contribution in [0, 0.1) is 24.5 Å². The Hall–Kier alpha value is -6.05. The van der Waals surface area contributed by atoms with Gasteiger partial charge in [-0.15, -0.1) is 0 Å². The quantitative estimate of drug-likeness (QED) is 0.00476. The Kier molecular flexibility index (Phi) is 56.7. The van der Waals surface area contributed by atoms with Gasteiger partial charge >= 0.3 is 137 Å². The Morgan fingerprint density at radius 3 is 1.34 bits per heavy atom. The first-order chi connectivity index (χ1) is 53.3. The van der Waals surface area contributed by atoms with Gasteiger partial charge in [0.05, 0.1) is 126 Å². The van der Waals surface area contributed by atoms with E-state index in [4.69, 9.17) is 139 Å². The fourth-order valence-electron chi connectivity index (χ4n) is 7.96. The molecule has 0 atom stereocenters. The van der Waals surface area contributed by atoms with Crippen LogP contribution >= 0.6 is 46.4 Å². The topological polar surface area (TPSA) is 365 Å². The molecule has 115 heavy (non-hydrogen) atoms. The summed E-state index contributed by atoms with van der Waals surface area (Å²) in [5, 5.41) is 53.9. The molecule has 49 heteroatoms. The molecule has 0 unspecified atom stereocenters. The van der Waals surface area contributed by atoms with Crippen LogP contribution in [-0.4, -0.2) is 158 Å². The molecular formula is C66H74B2Cl4CsF13N9NaO19. The first kappa shape index (κ1) is 111. The van der Waals surface area contributed by atoms with Gasteiger partial charge in [-0.25, -0.2) is 19.7 Å². The number of hydrogen-bond acceptors (Lipinski definition) is 24. The summed E-state index contributed by atoms with van der Waals surface area (Å²) in [6.07, 6.45) is -18.6. The number of pyridine rings is 4. The number of nitriles is 1. The van der Waals surface area contributed by atoms with E-state index in [1.807, 2.05) is 38.3 Å². The minimum atomic E-state index is -4.80. The molecule has 0 saturated carbocycles. The van der Waals surface area contributed by atoms with Gasteiger partial charge in [-0.1, -0.05) is 58.5 Å². The fourth-order valence-corrected chi connectivity index (χ4v) is 8.82. The summed E-state index contributed by atoms with van der Waals surface area (Å²) in [4.78, 5) is 52.2. The normalized spacial score (nSPS) is 11.6. The zero-order valence-corrected chi connectivity index (χ0v) is 74.0. The van der Waals surface area contributed by atoms with Crippen LogP contribution in [0.2, 0.25) is 20.6 Å². The van der Waals surface area contributed by atoms with Crippen molar-refractivity contribution in [1.82, 2.24) is 19.9 Å². The number of aromatic hydroxyl groups is 1. The number of nitrogens with one attached hydrogen (secondary N) is 2. The number of carbonyl (C=O) groups excluding carboxylic acids is 3. The average molecular weight is 1860 g/mol. The van der Waals surface area contributed by atoms with Crippen molar-refractivity contribution in [3.63, 3.8) is 0 Å². The van der Waals surface area contributed by atoms with Gasteiger partial charge in [-0.05, 0) is 120 Å². The second-order valence-electron chi connectivity index (χ2n) is 21.9. The summed E-state index contributed by atoms with van der Waals surface area (Å²) in [5.74, 6) is -1.30. The molecule has 0 saturated heterocycles. The van der Waals surface area contributed by atoms with E-state index in [0.717, 1.165) is 11.0 Å². The number of aliphatic hydroxyl groups is 1. The van der Waals surface area contributed by atoms with Gasteiger partial charge in [-0.3, -0.25) is 18.8 Å². The van der Waals surface area contributed by atoms with Gasteiger partial charge in [-0.2, -0.15) is 67.9 Å². The largest absolute Gasteiger partial charge is 1.00 e. The van der Waals surface area contributed by atoms with Crippen molar-refractivity contribution in [2.45, 2.75) is 125 Å². The van der Waals surface area contributed by atoms with Crippen LogP contribution in [0.3, 0.4) is 0 Å². The minimum absolute atomic E-state index is 0. The first-order valence-electron chi connectivity index (χ1n) is 32.4. The monoisotopic (exact) mass is 1860 g/mol. The summed E-state index contributed by atoms with van der Waals surface area (Å²) in [7, 11) is -2.86. The van der Waals surface area contributed by atoms with E-state index >= 15 is 0 Å². The maximum atomic E-state index is 13.5. The Balaban J connectivity index is -0.000000661. The van der Waals surface area contributed by atoms with E-state index in [0.29, 0.717) is 48.5 Å². The number of halogens is 17. The Morgan fingerprint density at radius 2 is 0.957 bits per heavy atom. The molecule has 6 N–H and O–H groups in total. The molecule has 6 heterocycles. The molecule has 28 nitrogen and oxygen atoms in total. The summed E-state index contributed by atoms with van der Waals surface area (Å²) in [6.45, 7) is 31.4. The van der Waals surface area contributed by atoms with Crippen LogP contribution in [0.1, 0.15) is 98.5 Å². The number of alkyl halides is 13. The number of amides is 2. The summed E-state index contributed by atoms with van der Waals surface area (Å²) < 4.78 is 222. The average Bonchev–Trinajstić information content (AvgIpc) is 1.72. The third-order valence-electron chi connectivity index (χ3n) is 12.3. The van der Waals surface area contributed by atoms with Crippen molar-refractivity contribution in [2.24, 2.45) is 0 Å². The molecule has 8 rings (SSSR count). The van der Waals surface area contributed by atoms with E-state index < -0.39 is 124 Å². The van der Waals surface area contributed by atoms with Gasteiger partial charge in [0.1, 0.15) is 52.5 Å². The van der Waals surface area contributed by atoms with Crippen molar-refractivity contribution in [2.75, 3.05) is 70.6 Å². The number of rotatable bonds is 25. The van der Waals surface area contributed by atoms with E-state index in [1.54, 1.807) is 58.0 Å². The molecular weight excluding hydrogens is 1790 g/mol. The van der Waals surface area contributed by atoms with E-state index in [1.165, 1.54) is 19.1 Å². The number of carbonyl (C=O) groups is 3. The van der Waals surface area contributed by atoms with Crippen LogP contribution in [0.5, 0.6) is 35.0 Å². The number of fused-ring (bicyclic) bond motifs is 2. The SMILES string of the molecule is CC#N.CC(C)OCCO.CC(C)OCCOc1nc(Cl)cc(C(F)(F)F)c1NC=O.O=CNc1c(C(F)(F)F)cc(Cl)nc1Cl.O=CO[O-].OB1OCc2cc(O)ccc21.[2H]CF.[C-]#[N+]c1c(C(F)(F)F)cc(Cl)nc1OCCOC(C)C.[C-]#[N+]c1c(C(F)(F)F)cc(Oc2ccc3c(c2)COB3O)nc1OCCOC(C)C.[Cs+].[H-].[Na+]. The number of benzene rings is 2.